The van der Waals surface area contributed by atoms with E-state index in [4.69, 9.17) is 4.84 Å². The minimum atomic E-state index is -0.0840. The minimum Gasteiger partial charge on any atom is -0.273 e. The molecule has 0 atom stereocenters. The highest BCUT2D eigenvalue weighted by atomic mass is 32.1. The second kappa shape index (κ2) is 6.93. The summed E-state index contributed by atoms with van der Waals surface area (Å²) in [5, 5.41) is 2.01. The molecular formula is C14H15NO2S. The average molecular weight is 261 g/mol. The van der Waals surface area contributed by atoms with Crippen molar-refractivity contribution >= 4 is 17.2 Å². The first-order valence-electron chi connectivity index (χ1n) is 5.81. The first-order valence-corrected chi connectivity index (χ1v) is 6.69. The number of benzene rings is 1. The summed E-state index contributed by atoms with van der Waals surface area (Å²) >= 11 is 1.66. The van der Waals surface area contributed by atoms with Crippen molar-refractivity contribution in [3.8, 4) is 0 Å². The summed E-state index contributed by atoms with van der Waals surface area (Å²) in [5.74, 6) is -0.0840. The molecule has 0 aliphatic heterocycles. The molecule has 0 saturated carbocycles. The van der Waals surface area contributed by atoms with Crippen LogP contribution in [-0.4, -0.2) is 5.91 Å². The van der Waals surface area contributed by atoms with Crippen LogP contribution in [0.3, 0.4) is 0 Å². The topological polar surface area (TPSA) is 38.3 Å². The Labute approximate surface area is 110 Å². The van der Waals surface area contributed by atoms with Gasteiger partial charge in [0.1, 0.15) is 0 Å². The van der Waals surface area contributed by atoms with Crippen LogP contribution >= 0.6 is 11.3 Å². The number of nitrogens with one attached hydrogen (secondary N) is 1. The van der Waals surface area contributed by atoms with Gasteiger partial charge in [0.15, 0.2) is 0 Å². The maximum absolute atomic E-state index is 11.5. The molecule has 1 amide bonds. The molecule has 0 aliphatic rings. The van der Waals surface area contributed by atoms with Crippen molar-refractivity contribution in [3.05, 3.63) is 58.3 Å². The SMILES string of the molecule is O=C(CCc1cccs1)NOCc1ccccc1. The van der Waals surface area contributed by atoms with Crippen molar-refractivity contribution in [3.63, 3.8) is 0 Å². The Bertz CT molecular complexity index is 468. The number of hydrogen-bond donors (Lipinski definition) is 1. The van der Waals surface area contributed by atoms with Gasteiger partial charge in [0.2, 0.25) is 5.91 Å². The van der Waals surface area contributed by atoms with E-state index in [1.807, 2.05) is 47.8 Å². The van der Waals surface area contributed by atoms with E-state index in [1.165, 1.54) is 4.88 Å². The molecule has 0 radical (unpaired) electrons. The molecule has 94 valence electrons. The monoisotopic (exact) mass is 261 g/mol. The molecule has 0 spiro atoms. The highest BCUT2D eigenvalue weighted by Gasteiger charge is 2.02. The minimum absolute atomic E-state index is 0.0840. The summed E-state index contributed by atoms with van der Waals surface area (Å²) < 4.78 is 0. The van der Waals surface area contributed by atoms with Crippen molar-refractivity contribution in [1.29, 1.82) is 0 Å². The van der Waals surface area contributed by atoms with Crippen LogP contribution in [0.2, 0.25) is 0 Å². The standard InChI is InChI=1S/C14H15NO2S/c16-14(9-8-13-7-4-10-18-13)15-17-11-12-5-2-1-3-6-12/h1-7,10H,8-9,11H2,(H,15,16). The Balaban J connectivity index is 1.63. The predicted octanol–water partition coefficient (Wildman–Crippen LogP) is 2.93. The van der Waals surface area contributed by atoms with Crippen molar-refractivity contribution in [2.45, 2.75) is 19.4 Å². The van der Waals surface area contributed by atoms with Crippen LogP contribution in [0.15, 0.2) is 47.8 Å². The molecular weight excluding hydrogens is 246 g/mol. The summed E-state index contributed by atoms with van der Waals surface area (Å²) in [6.45, 7) is 0.394. The zero-order valence-corrected chi connectivity index (χ0v) is 10.8. The molecule has 2 rings (SSSR count). The Morgan fingerprint density at radius 3 is 2.72 bits per heavy atom. The summed E-state index contributed by atoms with van der Waals surface area (Å²) in [7, 11) is 0. The van der Waals surface area contributed by atoms with Gasteiger partial charge >= 0.3 is 0 Å². The van der Waals surface area contributed by atoms with Crippen LogP contribution in [0.1, 0.15) is 16.9 Å². The molecule has 1 N–H and O–H groups in total. The number of thiophene rings is 1. The van der Waals surface area contributed by atoms with Crippen LogP contribution in [0.4, 0.5) is 0 Å². The van der Waals surface area contributed by atoms with E-state index in [1.54, 1.807) is 11.3 Å². The molecule has 3 nitrogen and oxygen atoms in total. The zero-order valence-electron chi connectivity index (χ0n) is 9.96. The van der Waals surface area contributed by atoms with Gasteiger partial charge in [-0.05, 0) is 23.4 Å². The highest BCUT2D eigenvalue weighted by Crippen LogP contribution is 2.10. The predicted molar refractivity (Wildman–Crippen MR) is 72.0 cm³/mol. The number of rotatable bonds is 6. The number of hydroxylamine groups is 1. The molecule has 0 saturated heterocycles. The number of aryl methyl sites for hydroxylation is 1. The van der Waals surface area contributed by atoms with Crippen LogP contribution in [0.5, 0.6) is 0 Å². The molecule has 0 bridgehead atoms. The summed E-state index contributed by atoms with van der Waals surface area (Å²) in [4.78, 5) is 17.9. The van der Waals surface area contributed by atoms with Crippen molar-refractivity contribution < 1.29 is 9.63 Å². The van der Waals surface area contributed by atoms with E-state index in [-0.39, 0.29) is 5.91 Å². The Kier molecular flexibility index (Phi) is 4.93. The smallest absolute Gasteiger partial charge is 0.243 e. The molecule has 0 aliphatic carbocycles. The summed E-state index contributed by atoms with van der Waals surface area (Å²) in [6, 6.07) is 13.8. The van der Waals surface area contributed by atoms with E-state index >= 15 is 0 Å². The molecule has 2 aromatic rings. The van der Waals surface area contributed by atoms with Gasteiger partial charge in [0.25, 0.3) is 0 Å². The second-order valence-electron chi connectivity index (χ2n) is 3.88. The van der Waals surface area contributed by atoms with Gasteiger partial charge in [0, 0.05) is 11.3 Å². The van der Waals surface area contributed by atoms with E-state index < -0.39 is 0 Å². The van der Waals surface area contributed by atoms with Gasteiger partial charge in [-0.2, -0.15) is 0 Å². The van der Waals surface area contributed by atoms with Gasteiger partial charge in [0.05, 0.1) is 6.61 Å². The van der Waals surface area contributed by atoms with E-state index in [0.717, 1.165) is 12.0 Å². The lowest BCUT2D eigenvalue weighted by Gasteiger charge is -2.05. The van der Waals surface area contributed by atoms with Crippen LogP contribution in [-0.2, 0) is 22.7 Å². The number of carbonyl (C=O) groups excluding carboxylic acids is 1. The highest BCUT2D eigenvalue weighted by molar-refractivity contribution is 7.09. The van der Waals surface area contributed by atoms with E-state index in [2.05, 4.69) is 5.48 Å². The van der Waals surface area contributed by atoms with Gasteiger partial charge in [-0.25, -0.2) is 5.48 Å². The number of hydrogen-bond acceptors (Lipinski definition) is 3. The Morgan fingerprint density at radius 1 is 1.17 bits per heavy atom. The van der Waals surface area contributed by atoms with E-state index in [0.29, 0.717) is 13.0 Å². The van der Waals surface area contributed by atoms with Gasteiger partial charge < -0.3 is 0 Å². The molecule has 1 aromatic heterocycles. The van der Waals surface area contributed by atoms with Gasteiger partial charge in [-0.3, -0.25) is 9.63 Å². The van der Waals surface area contributed by atoms with Gasteiger partial charge in [-0.1, -0.05) is 36.4 Å². The molecule has 1 heterocycles. The first kappa shape index (κ1) is 12.8. The quantitative estimate of drug-likeness (QED) is 0.812. The third-order valence-corrected chi connectivity index (χ3v) is 3.38. The lowest BCUT2D eigenvalue weighted by atomic mass is 10.2. The van der Waals surface area contributed by atoms with E-state index in [9.17, 15) is 4.79 Å². The molecule has 0 unspecified atom stereocenters. The number of carbonyl (C=O) groups is 1. The summed E-state index contributed by atoms with van der Waals surface area (Å²) in [6.07, 6.45) is 1.22. The fourth-order valence-corrected chi connectivity index (χ4v) is 2.23. The van der Waals surface area contributed by atoms with Crippen molar-refractivity contribution in [2.75, 3.05) is 0 Å². The Hall–Kier alpha value is -1.65. The lowest BCUT2D eigenvalue weighted by Crippen LogP contribution is -2.23. The fourth-order valence-electron chi connectivity index (χ4n) is 1.52. The summed E-state index contributed by atoms with van der Waals surface area (Å²) in [5.41, 5.74) is 3.50. The third kappa shape index (κ3) is 4.31. The fraction of sp³-hybridized carbons (Fsp3) is 0.214. The van der Waals surface area contributed by atoms with Crippen LogP contribution in [0, 0.1) is 0 Å². The molecule has 0 fully saturated rings. The van der Waals surface area contributed by atoms with Crippen LogP contribution < -0.4 is 5.48 Å². The largest absolute Gasteiger partial charge is 0.273 e. The van der Waals surface area contributed by atoms with Crippen molar-refractivity contribution in [2.24, 2.45) is 0 Å². The maximum atomic E-state index is 11.5. The van der Waals surface area contributed by atoms with Crippen LogP contribution in [0.25, 0.3) is 0 Å². The maximum Gasteiger partial charge on any atom is 0.243 e. The Morgan fingerprint density at radius 2 is 2.00 bits per heavy atom. The average Bonchev–Trinajstić information content (AvgIpc) is 2.91. The number of amides is 1. The first-order chi connectivity index (χ1) is 8.84. The lowest BCUT2D eigenvalue weighted by molar-refractivity contribution is -0.134. The molecule has 4 heteroatoms. The van der Waals surface area contributed by atoms with Crippen molar-refractivity contribution in [1.82, 2.24) is 5.48 Å². The third-order valence-electron chi connectivity index (χ3n) is 2.45. The zero-order chi connectivity index (χ0) is 12.6. The molecule has 1 aromatic carbocycles. The molecule has 18 heavy (non-hydrogen) atoms. The second-order valence-corrected chi connectivity index (χ2v) is 4.91. The normalized spacial score (nSPS) is 10.2. The van der Waals surface area contributed by atoms with Gasteiger partial charge in [-0.15, -0.1) is 11.3 Å².